The lowest BCUT2D eigenvalue weighted by atomic mass is 10.0. The van der Waals surface area contributed by atoms with Crippen LogP contribution < -0.4 is 0 Å². The monoisotopic (exact) mass is 227 g/mol. The fourth-order valence-electron chi connectivity index (χ4n) is 0.952. The zero-order chi connectivity index (χ0) is 12.9. The molecule has 0 aromatic carbocycles. The number of aliphatic carboxylic acids is 1. The van der Waals surface area contributed by atoms with Gasteiger partial charge >= 0.3 is 12.0 Å². The highest BCUT2D eigenvalue weighted by Crippen LogP contribution is 2.14. The Morgan fingerprint density at radius 2 is 1.88 bits per heavy atom. The lowest BCUT2D eigenvalue weighted by Crippen LogP contribution is -2.54. The van der Waals surface area contributed by atoms with E-state index in [1.807, 2.05) is 6.07 Å². The van der Waals surface area contributed by atoms with E-state index in [0.29, 0.717) is 0 Å². The van der Waals surface area contributed by atoms with Gasteiger partial charge in [0.2, 0.25) is 0 Å². The van der Waals surface area contributed by atoms with E-state index in [4.69, 9.17) is 10.4 Å². The van der Waals surface area contributed by atoms with Crippen LogP contribution in [0.4, 0.5) is 4.79 Å². The Labute approximate surface area is 95.1 Å². The molecule has 90 valence electrons. The molecule has 0 rings (SSSR count). The Kier molecular flexibility index (Phi) is 4.76. The molecule has 0 bridgehead atoms. The van der Waals surface area contributed by atoms with E-state index in [1.54, 1.807) is 0 Å². The van der Waals surface area contributed by atoms with Crippen molar-refractivity contribution in [2.24, 2.45) is 0 Å². The number of hydrogen-bond acceptors (Lipinski definition) is 3. The lowest BCUT2D eigenvalue weighted by molar-refractivity contribution is -0.147. The average Bonchev–Trinajstić information content (AvgIpc) is 2.23. The average molecular weight is 227 g/mol. The predicted molar refractivity (Wildman–Crippen MR) is 57.7 cm³/mol. The third-order valence-electron chi connectivity index (χ3n) is 2.53. The van der Waals surface area contributed by atoms with Gasteiger partial charge in [0, 0.05) is 20.6 Å². The van der Waals surface area contributed by atoms with Gasteiger partial charge in [-0.1, -0.05) is 0 Å². The van der Waals surface area contributed by atoms with Gasteiger partial charge in [-0.05, 0) is 13.8 Å². The summed E-state index contributed by atoms with van der Waals surface area (Å²) < 4.78 is 0. The third kappa shape index (κ3) is 3.12. The van der Waals surface area contributed by atoms with Gasteiger partial charge in [-0.25, -0.2) is 9.59 Å². The Balaban J connectivity index is 4.62. The van der Waals surface area contributed by atoms with Crippen LogP contribution in [0.5, 0.6) is 0 Å². The van der Waals surface area contributed by atoms with Crippen LogP contribution >= 0.6 is 0 Å². The van der Waals surface area contributed by atoms with Crippen LogP contribution in [0.3, 0.4) is 0 Å². The molecule has 0 unspecified atom stereocenters. The van der Waals surface area contributed by atoms with Crippen LogP contribution in [-0.2, 0) is 4.79 Å². The van der Waals surface area contributed by atoms with Gasteiger partial charge < -0.3 is 14.9 Å². The van der Waals surface area contributed by atoms with Gasteiger partial charge in [0.1, 0.15) is 5.54 Å². The quantitative estimate of drug-likeness (QED) is 0.767. The van der Waals surface area contributed by atoms with Gasteiger partial charge in [-0.15, -0.1) is 0 Å². The summed E-state index contributed by atoms with van der Waals surface area (Å²) in [6, 6.07) is 1.51. The molecule has 6 nitrogen and oxygen atoms in total. The second-order valence-corrected chi connectivity index (χ2v) is 4.04. The minimum Gasteiger partial charge on any atom is -0.480 e. The van der Waals surface area contributed by atoms with Gasteiger partial charge in [0.05, 0.1) is 12.5 Å². The molecule has 1 N–H and O–H groups in total. The molecule has 0 aromatic heterocycles. The van der Waals surface area contributed by atoms with E-state index in [9.17, 15) is 9.59 Å². The number of likely N-dealkylation sites (N-methyl/N-ethyl adjacent to an activating group) is 1. The minimum absolute atomic E-state index is 0.226. The number of hydrogen-bond donors (Lipinski definition) is 1. The number of carbonyl (C=O) groups is 2. The largest absolute Gasteiger partial charge is 0.480 e. The summed E-state index contributed by atoms with van der Waals surface area (Å²) in [6.07, 6.45) is 0.226. The zero-order valence-corrected chi connectivity index (χ0v) is 10.0. The summed E-state index contributed by atoms with van der Waals surface area (Å²) in [5.41, 5.74) is -1.27. The molecule has 0 aliphatic carbocycles. The van der Waals surface area contributed by atoms with Crippen LogP contribution in [0.15, 0.2) is 0 Å². The van der Waals surface area contributed by atoms with Crippen LogP contribution in [0.1, 0.15) is 20.3 Å². The number of urea groups is 1. The minimum atomic E-state index is -1.27. The Bertz CT molecular complexity index is 320. The standard InChI is InChI=1S/C10H17N3O3/c1-10(2,8(14)15)13(4)9(16)12(3)7-5-6-11/h5,7H2,1-4H3,(H,14,15). The van der Waals surface area contributed by atoms with Gasteiger partial charge in [0.25, 0.3) is 0 Å². The normalized spacial score (nSPS) is 10.4. The molecule has 0 spiro atoms. The number of nitrogens with zero attached hydrogens (tertiary/aromatic N) is 3. The Hall–Kier alpha value is -1.77. The lowest BCUT2D eigenvalue weighted by Gasteiger charge is -2.34. The second kappa shape index (κ2) is 5.35. The van der Waals surface area contributed by atoms with Crippen molar-refractivity contribution in [3.05, 3.63) is 0 Å². The van der Waals surface area contributed by atoms with Crippen LogP contribution in [0, 0.1) is 11.3 Å². The summed E-state index contributed by atoms with van der Waals surface area (Å²) in [6.45, 7) is 3.19. The van der Waals surface area contributed by atoms with Crippen molar-refractivity contribution in [1.82, 2.24) is 9.80 Å². The molecule has 0 aromatic rings. The van der Waals surface area contributed by atoms with Crippen molar-refractivity contribution in [2.45, 2.75) is 25.8 Å². The second-order valence-electron chi connectivity index (χ2n) is 4.04. The molecular formula is C10H17N3O3. The number of carboxylic acids is 1. The summed E-state index contributed by atoms with van der Waals surface area (Å²) in [4.78, 5) is 25.2. The van der Waals surface area contributed by atoms with Crippen molar-refractivity contribution >= 4 is 12.0 Å². The van der Waals surface area contributed by atoms with Crippen LogP contribution in [0.2, 0.25) is 0 Å². The highest BCUT2D eigenvalue weighted by molar-refractivity contribution is 5.85. The van der Waals surface area contributed by atoms with Crippen molar-refractivity contribution in [3.63, 3.8) is 0 Å². The molecule has 0 saturated carbocycles. The maximum atomic E-state index is 11.8. The number of nitriles is 1. The van der Waals surface area contributed by atoms with Crippen molar-refractivity contribution in [1.29, 1.82) is 5.26 Å². The number of carbonyl (C=O) groups excluding carboxylic acids is 1. The molecule has 0 saturated heterocycles. The summed E-state index contributed by atoms with van der Waals surface area (Å²) in [5, 5.41) is 17.3. The highest BCUT2D eigenvalue weighted by Gasteiger charge is 2.36. The number of amides is 2. The fourth-order valence-corrected chi connectivity index (χ4v) is 0.952. The molecule has 6 heteroatoms. The van der Waals surface area contributed by atoms with E-state index in [2.05, 4.69) is 0 Å². The van der Waals surface area contributed by atoms with E-state index in [1.165, 1.54) is 32.8 Å². The molecule has 0 aliphatic rings. The molecular weight excluding hydrogens is 210 g/mol. The van der Waals surface area contributed by atoms with Gasteiger partial charge in [-0.3, -0.25) is 0 Å². The molecule has 0 fully saturated rings. The number of rotatable bonds is 4. The SMILES string of the molecule is CN(CCC#N)C(=O)N(C)C(C)(C)C(=O)O. The van der Waals surface area contributed by atoms with Gasteiger partial charge in [0.15, 0.2) is 0 Å². The first-order valence-electron chi connectivity index (χ1n) is 4.84. The van der Waals surface area contributed by atoms with Crippen molar-refractivity contribution in [2.75, 3.05) is 20.6 Å². The first-order chi connectivity index (χ1) is 7.25. The Morgan fingerprint density at radius 1 is 1.38 bits per heavy atom. The molecule has 16 heavy (non-hydrogen) atoms. The smallest absolute Gasteiger partial charge is 0.329 e. The van der Waals surface area contributed by atoms with E-state index >= 15 is 0 Å². The topological polar surface area (TPSA) is 84.6 Å². The number of carboxylic acid groups (broad SMARTS) is 1. The molecule has 0 aliphatic heterocycles. The predicted octanol–water partition coefficient (Wildman–Crippen LogP) is 0.747. The molecule has 2 amide bonds. The zero-order valence-electron chi connectivity index (χ0n) is 10.0. The molecule has 0 radical (unpaired) electrons. The molecule has 0 atom stereocenters. The van der Waals surface area contributed by atoms with Crippen LogP contribution in [0.25, 0.3) is 0 Å². The summed E-state index contributed by atoms with van der Waals surface area (Å²) in [7, 11) is 2.97. The van der Waals surface area contributed by atoms with E-state index in [-0.39, 0.29) is 13.0 Å². The summed E-state index contributed by atoms with van der Waals surface area (Å²) in [5.74, 6) is -1.07. The van der Waals surface area contributed by atoms with Crippen LogP contribution in [-0.4, -0.2) is 53.1 Å². The first kappa shape index (κ1) is 14.2. The van der Waals surface area contributed by atoms with Crippen molar-refractivity contribution < 1.29 is 14.7 Å². The fraction of sp³-hybridized carbons (Fsp3) is 0.700. The van der Waals surface area contributed by atoms with Gasteiger partial charge in [-0.2, -0.15) is 5.26 Å². The van der Waals surface area contributed by atoms with E-state index < -0.39 is 17.5 Å². The molecule has 0 heterocycles. The Morgan fingerprint density at radius 3 is 2.25 bits per heavy atom. The first-order valence-corrected chi connectivity index (χ1v) is 4.84. The maximum Gasteiger partial charge on any atom is 0.329 e. The van der Waals surface area contributed by atoms with E-state index in [0.717, 1.165) is 4.90 Å². The highest BCUT2D eigenvalue weighted by atomic mass is 16.4. The van der Waals surface area contributed by atoms with Crippen molar-refractivity contribution in [3.8, 4) is 6.07 Å². The maximum absolute atomic E-state index is 11.8. The third-order valence-corrected chi connectivity index (χ3v) is 2.53. The summed E-state index contributed by atoms with van der Waals surface area (Å²) >= 11 is 0.